The Bertz CT molecular complexity index is 369. The average molecular weight is 266 g/mol. The van der Waals surface area contributed by atoms with E-state index in [2.05, 4.69) is 31.3 Å². The van der Waals surface area contributed by atoms with E-state index in [1.54, 1.807) is 0 Å². The Balaban J connectivity index is 1.79. The molecular weight excluding hydrogens is 242 g/mol. The van der Waals surface area contributed by atoms with Gasteiger partial charge in [0.25, 0.3) is 0 Å². The van der Waals surface area contributed by atoms with Crippen LogP contribution in [0.4, 0.5) is 0 Å². The van der Waals surface area contributed by atoms with Crippen molar-refractivity contribution in [3.05, 3.63) is 34.9 Å². The van der Waals surface area contributed by atoms with Gasteiger partial charge < -0.3 is 5.32 Å². The molecular formula is C16H24ClN. The monoisotopic (exact) mass is 265 g/mol. The van der Waals surface area contributed by atoms with Crippen molar-refractivity contribution >= 4 is 11.6 Å². The highest BCUT2D eigenvalue weighted by molar-refractivity contribution is 6.30. The summed E-state index contributed by atoms with van der Waals surface area (Å²) in [4.78, 5) is 0. The molecule has 1 aromatic carbocycles. The van der Waals surface area contributed by atoms with Gasteiger partial charge in [0.15, 0.2) is 0 Å². The van der Waals surface area contributed by atoms with Gasteiger partial charge in [-0.15, -0.1) is 0 Å². The summed E-state index contributed by atoms with van der Waals surface area (Å²) in [5, 5.41) is 4.48. The van der Waals surface area contributed by atoms with Crippen molar-refractivity contribution in [3.63, 3.8) is 0 Å². The molecule has 1 aliphatic rings. The number of hydrogen-bond acceptors (Lipinski definition) is 1. The molecule has 1 aromatic rings. The standard InChI is InChI=1S/C16H24ClN/c1-12-6-8-14(9-7-12)11-18-13(2)15-4-3-5-16(17)10-15/h3-5,10,12-14,18H,6-9,11H2,1-2H3/t12?,13-,14?/m1/s1. The van der Waals surface area contributed by atoms with Gasteiger partial charge in [-0.1, -0.05) is 43.5 Å². The van der Waals surface area contributed by atoms with Crippen molar-refractivity contribution < 1.29 is 0 Å². The Kier molecular flexibility index (Phi) is 5.08. The molecule has 0 aliphatic heterocycles. The largest absolute Gasteiger partial charge is 0.310 e. The lowest BCUT2D eigenvalue weighted by Gasteiger charge is -2.27. The number of rotatable bonds is 4. The summed E-state index contributed by atoms with van der Waals surface area (Å²) in [6.45, 7) is 5.73. The van der Waals surface area contributed by atoms with E-state index in [9.17, 15) is 0 Å². The van der Waals surface area contributed by atoms with Crippen molar-refractivity contribution in [2.75, 3.05) is 6.54 Å². The molecule has 1 N–H and O–H groups in total. The number of halogens is 1. The van der Waals surface area contributed by atoms with Gasteiger partial charge in [0.05, 0.1) is 0 Å². The second kappa shape index (κ2) is 6.58. The lowest BCUT2D eigenvalue weighted by molar-refractivity contribution is 0.276. The number of hydrogen-bond donors (Lipinski definition) is 1. The zero-order valence-electron chi connectivity index (χ0n) is 11.5. The molecule has 100 valence electrons. The molecule has 1 nitrogen and oxygen atoms in total. The molecule has 2 heteroatoms. The fourth-order valence-electron chi connectivity index (χ4n) is 2.77. The van der Waals surface area contributed by atoms with Crippen LogP contribution in [0, 0.1) is 11.8 Å². The molecule has 0 aromatic heterocycles. The highest BCUT2D eigenvalue weighted by atomic mass is 35.5. The van der Waals surface area contributed by atoms with Crippen molar-refractivity contribution in [3.8, 4) is 0 Å². The summed E-state index contributed by atoms with van der Waals surface area (Å²) in [5.41, 5.74) is 1.28. The Morgan fingerprint density at radius 3 is 2.67 bits per heavy atom. The molecule has 2 rings (SSSR count). The molecule has 0 saturated heterocycles. The first kappa shape index (κ1) is 13.9. The summed E-state index contributed by atoms with van der Waals surface area (Å²) in [6.07, 6.45) is 5.57. The second-order valence-electron chi connectivity index (χ2n) is 5.81. The molecule has 1 fully saturated rings. The lowest BCUT2D eigenvalue weighted by Crippen LogP contribution is -2.28. The SMILES string of the molecule is CC1CCC(CN[C@H](C)c2cccc(Cl)c2)CC1. The van der Waals surface area contributed by atoms with Crippen LogP contribution >= 0.6 is 11.6 Å². The zero-order chi connectivity index (χ0) is 13.0. The van der Waals surface area contributed by atoms with Crippen LogP contribution in [0.3, 0.4) is 0 Å². The van der Waals surface area contributed by atoms with Crippen LogP contribution in [0.1, 0.15) is 51.1 Å². The van der Waals surface area contributed by atoms with Crippen LogP contribution in [-0.4, -0.2) is 6.54 Å². The minimum Gasteiger partial charge on any atom is -0.310 e. The van der Waals surface area contributed by atoms with E-state index in [4.69, 9.17) is 11.6 Å². The summed E-state index contributed by atoms with van der Waals surface area (Å²) >= 11 is 6.03. The van der Waals surface area contributed by atoms with Crippen LogP contribution in [0.2, 0.25) is 5.02 Å². The van der Waals surface area contributed by atoms with Crippen molar-refractivity contribution in [2.45, 2.75) is 45.6 Å². The summed E-state index contributed by atoms with van der Waals surface area (Å²) in [5.74, 6) is 1.80. The zero-order valence-corrected chi connectivity index (χ0v) is 12.2. The normalized spacial score (nSPS) is 25.9. The molecule has 18 heavy (non-hydrogen) atoms. The molecule has 0 radical (unpaired) electrons. The van der Waals surface area contributed by atoms with Gasteiger partial charge in [-0.3, -0.25) is 0 Å². The van der Waals surface area contributed by atoms with Gasteiger partial charge in [-0.25, -0.2) is 0 Å². The van der Waals surface area contributed by atoms with Gasteiger partial charge in [0, 0.05) is 11.1 Å². The van der Waals surface area contributed by atoms with Gasteiger partial charge in [-0.2, -0.15) is 0 Å². The topological polar surface area (TPSA) is 12.0 Å². The number of nitrogens with one attached hydrogen (secondary N) is 1. The lowest BCUT2D eigenvalue weighted by atomic mass is 9.83. The third-order valence-electron chi connectivity index (χ3n) is 4.20. The highest BCUT2D eigenvalue weighted by Gasteiger charge is 2.18. The van der Waals surface area contributed by atoms with E-state index in [1.807, 2.05) is 12.1 Å². The van der Waals surface area contributed by atoms with E-state index in [0.29, 0.717) is 6.04 Å². The van der Waals surface area contributed by atoms with Crippen LogP contribution in [0.5, 0.6) is 0 Å². The number of benzene rings is 1. The van der Waals surface area contributed by atoms with E-state index < -0.39 is 0 Å². The Morgan fingerprint density at radius 2 is 2.00 bits per heavy atom. The summed E-state index contributed by atoms with van der Waals surface area (Å²) < 4.78 is 0. The molecule has 0 amide bonds. The maximum atomic E-state index is 6.03. The fraction of sp³-hybridized carbons (Fsp3) is 0.625. The van der Waals surface area contributed by atoms with Crippen molar-refractivity contribution in [1.29, 1.82) is 0 Å². The third-order valence-corrected chi connectivity index (χ3v) is 4.43. The van der Waals surface area contributed by atoms with Crippen molar-refractivity contribution in [1.82, 2.24) is 5.32 Å². The fourth-order valence-corrected chi connectivity index (χ4v) is 2.97. The first-order valence-corrected chi connectivity index (χ1v) is 7.52. The van der Waals surface area contributed by atoms with Crippen LogP contribution in [0.25, 0.3) is 0 Å². The summed E-state index contributed by atoms with van der Waals surface area (Å²) in [6, 6.07) is 8.55. The summed E-state index contributed by atoms with van der Waals surface area (Å²) in [7, 11) is 0. The van der Waals surface area contributed by atoms with Crippen LogP contribution in [-0.2, 0) is 0 Å². The highest BCUT2D eigenvalue weighted by Crippen LogP contribution is 2.28. The van der Waals surface area contributed by atoms with E-state index in [-0.39, 0.29) is 0 Å². The minimum atomic E-state index is 0.392. The average Bonchev–Trinajstić information content (AvgIpc) is 2.38. The first-order valence-electron chi connectivity index (χ1n) is 7.14. The molecule has 0 bridgehead atoms. The third kappa shape index (κ3) is 4.00. The Hall–Kier alpha value is -0.530. The minimum absolute atomic E-state index is 0.392. The van der Waals surface area contributed by atoms with E-state index in [0.717, 1.165) is 23.4 Å². The maximum absolute atomic E-state index is 6.03. The van der Waals surface area contributed by atoms with Crippen molar-refractivity contribution in [2.24, 2.45) is 11.8 Å². The predicted molar refractivity (Wildman–Crippen MR) is 79.0 cm³/mol. The molecule has 0 heterocycles. The molecule has 0 unspecified atom stereocenters. The molecule has 1 atom stereocenters. The predicted octanol–water partition coefficient (Wildman–Crippen LogP) is 4.82. The second-order valence-corrected chi connectivity index (χ2v) is 6.25. The quantitative estimate of drug-likeness (QED) is 0.823. The molecule has 1 saturated carbocycles. The Labute approximate surface area is 116 Å². The molecule has 1 aliphatic carbocycles. The van der Waals surface area contributed by atoms with Gasteiger partial charge in [0.2, 0.25) is 0 Å². The van der Waals surface area contributed by atoms with E-state index in [1.165, 1.54) is 31.2 Å². The van der Waals surface area contributed by atoms with Gasteiger partial charge >= 0.3 is 0 Å². The van der Waals surface area contributed by atoms with Crippen LogP contribution in [0.15, 0.2) is 24.3 Å². The van der Waals surface area contributed by atoms with Gasteiger partial charge in [-0.05, 0) is 55.8 Å². The first-order chi connectivity index (χ1) is 8.65. The Morgan fingerprint density at radius 1 is 1.28 bits per heavy atom. The van der Waals surface area contributed by atoms with Crippen LogP contribution < -0.4 is 5.32 Å². The smallest absolute Gasteiger partial charge is 0.0409 e. The van der Waals surface area contributed by atoms with E-state index >= 15 is 0 Å². The maximum Gasteiger partial charge on any atom is 0.0409 e. The molecule has 0 spiro atoms. The van der Waals surface area contributed by atoms with Gasteiger partial charge in [0.1, 0.15) is 0 Å².